The summed E-state index contributed by atoms with van der Waals surface area (Å²) in [5.74, 6) is 0. The zero-order valence-corrected chi connectivity index (χ0v) is 24.6. The van der Waals surface area contributed by atoms with Crippen molar-refractivity contribution in [3.63, 3.8) is 0 Å². The van der Waals surface area contributed by atoms with E-state index in [4.69, 9.17) is 0 Å². The number of benzene rings is 7. The zero-order chi connectivity index (χ0) is 29.7. The predicted octanol–water partition coefficient (Wildman–Crippen LogP) is 11.4. The smallest absolute Gasteiger partial charge is 0.0561 e. The van der Waals surface area contributed by atoms with Crippen LogP contribution in [0.5, 0.6) is 0 Å². The average Bonchev–Trinajstić information content (AvgIpc) is 3.62. The minimum absolute atomic E-state index is 1.11. The summed E-state index contributed by atoms with van der Waals surface area (Å²) in [5.41, 5.74) is 10.4. The fourth-order valence-electron chi connectivity index (χ4n) is 6.93. The third-order valence-electron chi connectivity index (χ3n) is 8.87. The van der Waals surface area contributed by atoms with Gasteiger partial charge in [-0.05, 0) is 72.8 Å². The molecule has 3 heteroatoms. The number of anilines is 3. The van der Waals surface area contributed by atoms with E-state index in [0.29, 0.717) is 0 Å². The third kappa shape index (κ3) is 4.05. The van der Waals surface area contributed by atoms with Crippen LogP contribution in [-0.4, -0.2) is 9.13 Å². The van der Waals surface area contributed by atoms with E-state index in [2.05, 4.69) is 190 Å². The molecule has 7 aromatic carbocycles. The second-order valence-electron chi connectivity index (χ2n) is 11.5. The van der Waals surface area contributed by atoms with Gasteiger partial charge in [0, 0.05) is 50.0 Å². The number of hydrogen-bond donors (Lipinski definition) is 0. The maximum atomic E-state index is 2.42. The summed E-state index contributed by atoms with van der Waals surface area (Å²) >= 11 is 0. The normalized spacial score (nSPS) is 11.6. The van der Waals surface area contributed by atoms with E-state index in [9.17, 15) is 0 Å². The van der Waals surface area contributed by atoms with E-state index in [1.807, 2.05) is 0 Å². The summed E-state index contributed by atoms with van der Waals surface area (Å²) in [4.78, 5) is 2.33. The van der Waals surface area contributed by atoms with Crippen LogP contribution in [0.25, 0.3) is 55.0 Å². The Bertz CT molecular complexity index is 2380. The molecule has 0 spiro atoms. The van der Waals surface area contributed by atoms with Gasteiger partial charge in [0.05, 0.1) is 22.1 Å². The van der Waals surface area contributed by atoms with Crippen LogP contribution in [0.15, 0.2) is 176 Å². The average molecular weight is 576 g/mol. The van der Waals surface area contributed by atoms with Crippen molar-refractivity contribution in [2.75, 3.05) is 4.90 Å². The molecule has 3 nitrogen and oxygen atoms in total. The monoisotopic (exact) mass is 575 g/mol. The van der Waals surface area contributed by atoms with Gasteiger partial charge in [-0.25, -0.2) is 0 Å². The van der Waals surface area contributed by atoms with Crippen LogP contribution < -0.4 is 4.90 Å². The Labute approximate surface area is 261 Å². The van der Waals surface area contributed by atoms with Gasteiger partial charge in [-0.3, -0.25) is 0 Å². The highest BCUT2D eigenvalue weighted by Crippen LogP contribution is 2.40. The first-order chi connectivity index (χ1) is 22.3. The largest absolute Gasteiger partial charge is 0.310 e. The lowest BCUT2D eigenvalue weighted by Gasteiger charge is -2.25. The SMILES string of the molecule is c1ccc(N(c2ccccc2)c2ccc3c4ccc(-n5c6ccccc6c6ccccc65)cc4n(-c4ccccc4)c3c2)cc1. The van der Waals surface area contributed by atoms with E-state index in [1.165, 1.54) is 43.6 Å². The fourth-order valence-corrected chi connectivity index (χ4v) is 6.93. The molecule has 2 heterocycles. The third-order valence-corrected chi connectivity index (χ3v) is 8.87. The molecule has 2 aromatic heterocycles. The van der Waals surface area contributed by atoms with Crippen molar-refractivity contribution in [1.29, 1.82) is 0 Å². The van der Waals surface area contributed by atoms with Crippen molar-refractivity contribution in [3.05, 3.63) is 176 Å². The predicted molar refractivity (Wildman–Crippen MR) is 190 cm³/mol. The summed E-state index contributed by atoms with van der Waals surface area (Å²) < 4.78 is 4.81. The molecule has 0 aliphatic carbocycles. The number of para-hydroxylation sites is 5. The molecular weight excluding hydrogens is 546 g/mol. The molecule has 0 amide bonds. The van der Waals surface area contributed by atoms with Crippen LogP contribution >= 0.6 is 0 Å². The van der Waals surface area contributed by atoms with Crippen molar-refractivity contribution in [3.8, 4) is 11.4 Å². The van der Waals surface area contributed by atoms with E-state index < -0.39 is 0 Å². The number of hydrogen-bond acceptors (Lipinski definition) is 1. The van der Waals surface area contributed by atoms with E-state index in [0.717, 1.165) is 28.4 Å². The molecule has 9 aromatic rings. The van der Waals surface area contributed by atoms with Gasteiger partial charge in [-0.1, -0.05) is 103 Å². The molecule has 0 saturated carbocycles. The Morgan fingerprint density at radius 2 is 0.733 bits per heavy atom. The quantitative estimate of drug-likeness (QED) is 0.199. The van der Waals surface area contributed by atoms with Gasteiger partial charge in [-0.15, -0.1) is 0 Å². The summed E-state index contributed by atoms with van der Waals surface area (Å²) in [5, 5.41) is 5.00. The Morgan fingerprint density at radius 1 is 0.289 bits per heavy atom. The molecule has 0 atom stereocenters. The van der Waals surface area contributed by atoms with Gasteiger partial charge >= 0.3 is 0 Å². The van der Waals surface area contributed by atoms with Crippen molar-refractivity contribution >= 4 is 60.7 Å². The first-order valence-electron chi connectivity index (χ1n) is 15.4. The Kier molecular flexibility index (Phi) is 5.82. The first-order valence-corrected chi connectivity index (χ1v) is 15.4. The van der Waals surface area contributed by atoms with Crippen LogP contribution in [0, 0.1) is 0 Å². The Hall–Kier alpha value is -6.06. The Morgan fingerprint density at radius 3 is 1.33 bits per heavy atom. The zero-order valence-electron chi connectivity index (χ0n) is 24.6. The highest BCUT2D eigenvalue weighted by molar-refractivity contribution is 6.12. The number of fused-ring (bicyclic) bond motifs is 6. The molecule has 45 heavy (non-hydrogen) atoms. The fraction of sp³-hybridized carbons (Fsp3) is 0. The summed E-state index contributed by atoms with van der Waals surface area (Å²) in [6.45, 7) is 0. The van der Waals surface area contributed by atoms with Gasteiger partial charge < -0.3 is 14.0 Å². The molecule has 0 aliphatic rings. The lowest BCUT2D eigenvalue weighted by atomic mass is 10.1. The topological polar surface area (TPSA) is 13.1 Å². The first kappa shape index (κ1) is 25.4. The molecule has 0 unspecified atom stereocenters. The van der Waals surface area contributed by atoms with Gasteiger partial charge in [0.2, 0.25) is 0 Å². The van der Waals surface area contributed by atoms with Gasteiger partial charge in [0.15, 0.2) is 0 Å². The molecular formula is C42H29N3. The van der Waals surface area contributed by atoms with Crippen LogP contribution in [0.1, 0.15) is 0 Å². The van der Waals surface area contributed by atoms with Crippen molar-refractivity contribution in [2.45, 2.75) is 0 Å². The molecule has 0 N–H and O–H groups in total. The van der Waals surface area contributed by atoms with Gasteiger partial charge in [-0.2, -0.15) is 0 Å². The molecule has 0 bridgehead atoms. The second-order valence-corrected chi connectivity index (χ2v) is 11.5. The van der Waals surface area contributed by atoms with Gasteiger partial charge in [0.25, 0.3) is 0 Å². The van der Waals surface area contributed by atoms with E-state index in [1.54, 1.807) is 0 Å². The molecule has 0 saturated heterocycles. The second kappa shape index (κ2) is 10.3. The molecule has 0 fully saturated rings. The van der Waals surface area contributed by atoms with Gasteiger partial charge in [0.1, 0.15) is 0 Å². The standard InChI is InChI=1S/C42H29N3/c1-4-14-30(15-5-1)43(31-16-6-2-7-17-31)33-24-26-37-38-27-25-34(29-42(38)44(41(37)28-33)32-18-8-3-9-19-32)45-39-22-12-10-20-35(39)36-21-11-13-23-40(36)45/h1-29H. The number of aromatic nitrogens is 2. The minimum atomic E-state index is 1.11. The number of rotatable bonds is 5. The van der Waals surface area contributed by atoms with Crippen molar-refractivity contribution in [2.24, 2.45) is 0 Å². The number of nitrogens with zero attached hydrogens (tertiary/aromatic N) is 3. The van der Waals surface area contributed by atoms with Crippen LogP contribution in [0.2, 0.25) is 0 Å². The lowest BCUT2D eigenvalue weighted by Crippen LogP contribution is -2.09. The van der Waals surface area contributed by atoms with E-state index >= 15 is 0 Å². The summed E-state index contributed by atoms with van der Waals surface area (Å²) in [7, 11) is 0. The molecule has 212 valence electrons. The van der Waals surface area contributed by atoms with Crippen molar-refractivity contribution < 1.29 is 0 Å². The highest BCUT2D eigenvalue weighted by atomic mass is 15.1. The van der Waals surface area contributed by atoms with Crippen LogP contribution in [0.4, 0.5) is 17.1 Å². The minimum Gasteiger partial charge on any atom is -0.310 e. The summed E-state index contributed by atoms with van der Waals surface area (Å²) in [6, 6.07) is 63.1. The summed E-state index contributed by atoms with van der Waals surface area (Å²) in [6.07, 6.45) is 0. The molecule has 0 aliphatic heterocycles. The Balaban J connectivity index is 1.33. The maximum Gasteiger partial charge on any atom is 0.0561 e. The lowest BCUT2D eigenvalue weighted by molar-refractivity contribution is 1.15. The molecule has 9 rings (SSSR count). The van der Waals surface area contributed by atoms with Crippen LogP contribution in [0.3, 0.4) is 0 Å². The van der Waals surface area contributed by atoms with E-state index in [-0.39, 0.29) is 0 Å². The highest BCUT2D eigenvalue weighted by Gasteiger charge is 2.19. The van der Waals surface area contributed by atoms with Crippen LogP contribution in [-0.2, 0) is 0 Å². The molecule has 0 radical (unpaired) electrons. The maximum absolute atomic E-state index is 2.42. The van der Waals surface area contributed by atoms with Crippen molar-refractivity contribution in [1.82, 2.24) is 9.13 Å².